The smallest absolute Gasteiger partial charge is 0.307 e. The maximum absolute atomic E-state index is 10.7. The summed E-state index contributed by atoms with van der Waals surface area (Å²) in [4.78, 5) is 10.7. The van der Waals surface area contributed by atoms with E-state index in [1.54, 1.807) is 0 Å². The van der Waals surface area contributed by atoms with Crippen LogP contribution in [0.3, 0.4) is 0 Å². The molecule has 1 fully saturated rings. The summed E-state index contributed by atoms with van der Waals surface area (Å²) in [5, 5.41) is 8.80. The Morgan fingerprint density at radius 2 is 2.00 bits per heavy atom. The van der Waals surface area contributed by atoms with Crippen LogP contribution in [0.4, 0.5) is 0 Å². The molecule has 92 valence electrons. The van der Waals surface area contributed by atoms with Crippen LogP contribution >= 0.6 is 0 Å². The van der Waals surface area contributed by atoms with Gasteiger partial charge >= 0.3 is 5.97 Å². The van der Waals surface area contributed by atoms with E-state index in [0.717, 1.165) is 11.5 Å². The number of hydrogen-bond donors (Lipinski definition) is 1. The quantitative estimate of drug-likeness (QED) is 0.864. The molecule has 1 aromatic carbocycles. The first-order valence-electron chi connectivity index (χ1n) is 6.46. The summed E-state index contributed by atoms with van der Waals surface area (Å²) in [7, 11) is 0. The van der Waals surface area contributed by atoms with Gasteiger partial charge in [-0.05, 0) is 35.8 Å². The fraction of sp³-hybridized carbons (Fsp3) is 0.533. The number of aliphatic carboxylic acids is 1. The molecule has 1 aliphatic rings. The van der Waals surface area contributed by atoms with E-state index < -0.39 is 5.97 Å². The molecule has 0 unspecified atom stereocenters. The molecular formula is C15H20O2. The molecule has 0 radical (unpaired) electrons. The largest absolute Gasteiger partial charge is 0.481 e. The van der Waals surface area contributed by atoms with E-state index in [-0.39, 0.29) is 6.42 Å². The Balaban J connectivity index is 2.07. The molecular weight excluding hydrogens is 212 g/mol. The number of rotatable bonds is 3. The Labute approximate surface area is 103 Å². The number of hydrogen-bond acceptors (Lipinski definition) is 1. The highest BCUT2D eigenvalue weighted by Gasteiger charge is 2.19. The van der Waals surface area contributed by atoms with Gasteiger partial charge in [-0.1, -0.05) is 44.0 Å². The monoisotopic (exact) mass is 232 g/mol. The molecule has 0 bridgehead atoms. The van der Waals surface area contributed by atoms with Crippen molar-refractivity contribution in [2.45, 2.75) is 44.9 Å². The molecule has 1 aromatic rings. The van der Waals surface area contributed by atoms with Crippen molar-refractivity contribution in [1.29, 1.82) is 0 Å². The first-order valence-corrected chi connectivity index (χ1v) is 6.46. The molecule has 1 aliphatic carbocycles. The molecule has 0 heterocycles. The number of benzene rings is 1. The summed E-state index contributed by atoms with van der Waals surface area (Å²) in [6.07, 6.45) is 5.23. The van der Waals surface area contributed by atoms with Gasteiger partial charge in [-0.15, -0.1) is 0 Å². The predicted molar refractivity (Wildman–Crippen MR) is 68.2 cm³/mol. The van der Waals surface area contributed by atoms with E-state index in [0.29, 0.717) is 5.92 Å². The Kier molecular flexibility index (Phi) is 3.82. The summed E-state index contributed by atoms with van der Waals surface area (Å²) in [6.45, 7) is 2.32. The van der Waals surface area contributed by atoms with Gasteiger partial charge in [-0.25, -0.2) is 0 Å². The molecule has 2 heteroatoms. The molecule has 0 aromatic heterocycles. The SMILES string of the molecule is CC1CCC(c2cccc(CC(=O)O)c2)CC1. The lowest BCUT2D eigenvalue weighted by atomic mass is 9.79. The van der Waals surface area contributed by atoms with Crippen LogP contribution < -0.4 is 0 Å². The highest BCUT2D eigenvalue weighted by molar-refractivity contribution is 5.70. The van der Waals surface area contributed by atoms with E-state index in [1.807, 2.05) is 12.1 Å². The molecule has 17 heavy (non-hydrogen) atoms. The first-order chi connectivity index (χ1) is 8.15. The second-order valence-electron chi connectivity index (χ2n) is 5.27. The van der Waals surface area contributed by atoms with Crippen LogP contribution in [0.2, 0.25) is 0 Å². The van der Waals surface area contributed by atoms with E-state index >= 15 is 0 Å². The number of carbonyl (C=O) groups is 1. The van der Waals surface area contributed by atoms with Crippen LogP contribution in [0, 0.1) is 5.92 Å². The highest BCUT2D eigenvalue weighted by atomic mass is 16.4. The summed E-state index contributed by atoms with van der Waals surface area (Å²) >= 11 is 0. The van der Waals surface area contributed by atoms with E-state index in [2.05, 4.69) is 19.1 Å². The zero-order valence-electron chi connectivity index (χ0n) is 10.4. The van der Waals surface area contributed by atoms with E-state index in [1.165, 1.54) is 31.2 Å². The van der Waals surface area contributed by atoms with Crippen LogP contribution in [0.1, 0.15) is 49.7 Å². The van der Waals surface area contributed by atoms with Crippen molar-refractivity contribution in [2.24, 2.45) is 5.92 Å². The average molecular weight is 232 g/mol. The van der Waals surface area contributed by atoms with Crippen molar-refractivity contribution < 1.29 is 9.90 Å². The molecule has 1 saturated carbocycles. The van der Waals surface area contributed by atoms with Gasteiger partial charge in [0.05, 0.1) is 6.42 Å². The van der Waals surface area contributed by atoms with Gasteiger partial charge in [0.2, 0.25) is 0 Å². The Morgan fingerprint density at radius 1 is 1.29 bits per heavy atom. The van der Waals surface area contributed by atoms with Gasteiger partial charge < -0.3 is 5.11 Å². The third kappa shape index (κ3) is 3.32. The lowest BCUT2D eigenvalue weighted by molar-refractivity contribution is -0.136. The normalized spacial score (nSPS) is 24.5. The van der Waals surface area contributed by atoms with Crippen molar-refractivity contribution in [3.63, 3.8) is 0 Å². The molecule has 0 spiro atoms. The summed E-state index contributed by atoms with van der Waals surface area (Å²) in [6, 6.07) is 8.12. The summed E-state index contributed by atoms with van der Waals surface area (Å²) in [5.74, 6) is 0.743. The molecule has 1 N–H and O–H groups in total. The van der Waals surface area contributed by atoms with Crippen LogP contribution in [-0.2, 0) is 11.2 Å². The lowest BCUT2D eigenvalue weighted by Gasteiger charge is -2.26. The fourth-order valence-electron chi connectivity index (χ4n) is 2.73. The van der Waals surface area contributed by atoms with Crippen LogP contribution in [0.5, 0.6) is 0 Å². The summed E-state index contributed by atoms with van der Waals surface area (Å²) in [5.41, 5.74) is 2.25. The van der Waals surface area contributed by atoms with Gasteiger partial charge in [0.15, 0.2) is 0 Å². The van der Waals surface area contributed by atoms with Gasteiger partial charge in [0.25, 0.3) is 0 Å². The Morgan fingerprint density at radius 3 is 2.65 bits per heavy atom. The third-order valence-electron chi connectivity index (χ3n) is 3.79. The minimum absolute atomic E-state index is 0.136. The minimum Gasteiger partial charge on any atom is -0.481 e. The topological polar surface area (TPSA) is 37.3 Å². The fourth-order valence-corrected chi connectivity index (χ4v) is 2.73. The second kappa shape index (κ2) is 5.35. The average Bonchev–Trinajstić information content (AvgIpc) is 2.29. The predicted octanol–water partition coefficient (Wildman–Crippen LogP) is 3.61. The van der Waals surface area contributed by atoms with Crippen molar-refractivity contribution >= 4 is 5.97 Å². The Bertz CT molecular complexity index is 390. The number of carboxylic acids is 1. The molecule has 0 saturated heterocycles. The van der Waals surface area contributed by atoms with Crippen molar-refractivity contribution in [1.82, 2.24) is 0 Å². The molecule has 2 rings (SSSR count). The van der Waals surface area contributed by atoms with Gasteiger partial charge in [0.1, 0.15) is 0 Å². The maximum atomic E-state index is 10.7. The van der Waals surface area contributed by atoms with Crippen molar-refractivity contribution in [3.05, 3.63) is 35.4 Å². The Hall–Kier alpha value is -1.31. The van der Waals surface area contributed by atoms with Crippen molar-refractivity contribution in [3.8, 4) is 0 Å². The van der Waals surface area contributed by atoms with Crippen molar-refractivity contribution in [2.75, 3.05) is 0 Å². The lowest BCUT2D eigenvalue weighted by Crippen LogP contribution is -2.11. The zero-order valence-corrected chi connectivity index (χ0v) is 10.4. The number of carboxylic acid groups (broad SMARTS) is 1. The van der Waals surface area contributed by atoms with Gasteiger partial charge in [-0.2, -0.15) is 0 Å². The molecule has 0 aliphatic heterocycles. The standard InChI is InChI=1S/C15H20O2/c1-11-5-7-13(8-6-11)14-4-2-3-12(9-14)10-15(16)17/h2-4,9,11,13H,5-8,10H2,1H3,(H,16,17). The van der Waals surface area contributed by atoms with Crippen LogP contribution in [0.25, 0.3) is 0 Å². The van der Waals surface area contributed by atoms with Gasteiger partial charge in [-0.3, -0.25) is 4.79 Å². The molecule has 0 amide bonds. The van der Waals surface area contributed by atoms with E-state index in [4.69, 9.17) is 5.11 Å². The third-order valence-corrected chi connectivity index (χ3v) is 3.79. The first kappa shape index (κ1) is 12.2. The van der Waals surface area contributed by atoms with E-state index in [9.17, 15) is 4.79 Å². The maximum Gasteiger partial charge on any atom is 0.307 e. The zero-order chi connectivity index (χ0) is 12.3. The van der Waals surface area contributed by atoms with Crippen LogP contribution in [0.15, 0.2) is 24.3 Å². The molecule has 2 nitrogen and oxygen atoms in total. The second-order valence-corrected chi connectivity index (χ2v) is 5.27. The van der Waals surface area contributed by atoms with Crippen LogP contribution in [-0.4, -0.2) is 11.1 Å². The summed E-state index contributed by atoms with van der Waals surface area (Å²) < 4.78 is 0. The molecule has 0 atom stereocenters. The minimum atomic E-state index is -0.751. The highest BCUT2D eigenvalue weighted by Crippen LogP contribution is 2.35. The van der Waals surface area contributed by atoms with Gasteiger partial charge in [0, 0.05) is 0 Å².